The van der Waals surface area contributed by atoms with Crippen LogP contribution < -0.4 is 10.6 Å². The molecule has 0 radical (unpaired) electrons. The molecule has 0 bridgehead atoms. The van der Waals surface area contributed by atoms with E-state index in [4.69, 9.17) is 4.74 Å². The highest BCUT2D eigenvalue weighted by Gasteiger charge is 2.22. The van der Waals surface area contributed by atoms with Gasteiger partial charge < -0.3 is 15.4 Å². The van der Waals surface area contributed by atoms with Crippen molar-refractivity contribution in [2.24, 2.45) is 4.99 Å². The van der Waals surface area contributed by atoms with Crippen LogP contribution in [0.3, 0.4) is 0 Å². The molecule has 0 aromatic heterocycles. The molecule has 1 aromatic carbocycles. The fraction of sp³-hybridized carbons (Fsp3) is 0.611. The maximum atomic E-state index is 10.7. The second-order valence-electron chi connectivity index (χ2n) is 6.31. The van der Waals surface area contributed by atoms with E-state index in [1.54, 1.807) is 19.2 Å². The highest BCUT2D eigenvalue weighted by Crippen LogP contribution is 2.15. The van der Waals surface area contributed by atoms with Gasteiger partial charge in [-0.15, -0.1) is 24.0 Å². The molecule has 1 fully saturated rings. The number of nitrogens with one attached hydrogen (secondary N) is 2. The first-order valence-electron chi connectivity index (χ1n) is 9.12. The number of non-ortho nitro benzene ring substituents is 1. The van der Waals surface area contributed by atoms with Crippen LogP contribution in [-0.4, -0.2) is 61.7 Å². The van der Waals surface area contributed by atoms with Crippen molar-refractivity contribution < 1.29 is 9.66 Å². The number of likely N-dealkylation sites (N-methyl/N-ethyl adjacent to an activating group) is 1. The number of guanidine groups is 1. The van der Waals surface area contributed by atoms with Gasteiger partial charge in [0.25, 0.3) is 5.69 Å². The Morgan fingerprint density at radius 2 is 2.11 bits per heavy atom. The Kier molecular flexibility index (Phi) is 11.2. The summed E-state index contributed by atoms with van der Waals surface area (Å²) < 4.78 is 5.09. The largest absolute Gasteiger partial charge is 0.383 e. The van der Waals surface area contributed by atoms with Gasteiger partial charge in [-0.1, -0.05) is 19.1 Å². The molecular weight excluding hydrogens is 461 g/mol. The molecule has 1 aromatic rings. The third-order valence-corrected chi connectivity index (χ3v) is 4.58. The van der Waals surface area contributed by atoms with Crippen molar-refractivity contribution >= 4 is 35.6 Å². The Hall–Kier alpha value is -1.46. The first-order chi connectivity index (χ1) is 12.6. The first kappa shape index (κ1) is 23.6. The van der Waals surface area contributed by atoms with Crippen LogP contribution in [0.25, 0.3) is 0 Å². The van der Waals surface area contributed by atoms with Crippen molar-refractivity contribution in [2.75, 3.05) is 39.9 Å². The van der Waals surface area contributed by atoms with Crippen LogP contribution in [0.5, 0.6) is 0 Å². The molecule has 1 heterocycles. The summed E-state index contributed by atoms with van der Waals surface area (Å²) in [5.74, 6) is 0.739. The molecule has 2 rings (SSSR count). The van der Waals surface area contributed by atoms with Gasteiger partial charge in [0.15, 0.2) is 5.96 Å². The van der Waals surface area contributed by atoms with Crippen LogP contribution in [0, 0.1) is 10.1 Å². The SMILES string of the molecule is CCN1CCCC1CNC(=NCc1ccc([N+](=O)[O-])cc1)NCCOC.I. The minimum Gasteiger partial charge on any atom is -0.383 e. The van der Waals surface area contributed by atoms with Gasteiger partial charge in [-0.3, -0.25) is 15.0 Å². The van der Waals surface area contributed by atoms with E-state index in [-0.39, 0.29) is 29.7 Å². The highest BCUT2D eigenvalue weighted by molar-refractivity contribution is 14.0. The Labute approximate surface area is 177 Å². The van der Waals surface area contributed by atoms with E-state index in [1.807, 2.05) is 0 Å². The summed E-state index contributed by atoms with van der Waals surface area (Å²) in [5, 5.41) is 17.4. The fourth-order valence-electron chi connectivity index (χ4n) is 3.10. The zero-order chi connectivity index (χ0) is 18.8. The van der Waals surface area contributed by atoms with Gasteiger partial charge >= 0.3 is 0 Å². The molecule has 0 aliphatic carbocycles. The number of aliphatic imine (C=N–C) groups is 1. The molecule has 1 unspecified atom stereocenters. The van der Waals surface area contributed by atoms with Gasteiger partial charge in [-0.25, -0.2) is 4.99 Å². The summed E-state index contributed by atoms with van der Waals surface area (Å²) in [6.07, 6.45) is 2.45. The van der Waals surface area contributed by atoms with E-state index in [9.17, 15) is 10.1 Å². The summed E-state index contributed by atoms with van der Waals surface area (Å²) in [7, 11) is 1.67. The van der Waals surface area contributed by atoms with Crippen LogP contribution in [0.4, 0.5) is 5.69 Å². The van der Waals surface area contributed by atoms with Gasteiger partial charge in [0.2, 0.25) is 0 Å². The van der Waals surface area contributed by atoms with Crippen molar-refractivity contribution in [1.29, 1.82) is 0 Å². The minimum absolute atomic E-state index is 0. The Morgan fingerprint density at radius 1 is 1.37 bits per heavy atom. The maximum absolute atomic E-state index is 10.7. The predicted octanol–water partition coefficient (Wildman–Crippen LogP) is 2.38. The number of nitro benzene ring substituents is 1. The van der Waals surface area contributed by atoms with Crippen molar-refractivity contribution in [2.45, 2.75) is 32.4 Å². The molecule has 0 saturated carbocycles. The summed E-state index contributed by atoms with van der Waals surface area (Å²) >= 11 is 0. The number of rotatable bonds is 9. The maximum Gasteiger partial charge on any atom is 0.269 e. The average Bonchev–Trinajstić information content (AvgIpc) is 3.11. The zero-order valence-corrected chi connectivity index (χ0v) is 18.3. The number of benzene rings is 1. The van der Waals surface area contributed by atoms with Gasteiger partial charge in [-0.05, 0) is 31.5 Å². The number of nitrogens with zero attached hydrogens (tertiary/aromatic N) is 3. The van der Waals surface area contributed by atoms with Crippen molar-refractivity contribution in [1.82, 2.24) is 15.5 Å². The fourth-order valence-corrected chi connectivity index (χ4v) is 3.10. The molecule has 1 aliphatic heterocycles. The summed E-state index contributed by atoms with van der Waals surface area (Å²) in [6, 6.07) is 7.03. The van der Waals surface area contributed by atoms with E-state index < -0.39 is 4.92 Å². The topological polar surface area (TPSA) is 92.0 Å². The normalized spacial score (nSPS) is 17.4. The van der Waals surface area contributed by atoms with E-state index in [0.717, 1.165) is 31.2 Å². The van der Waals surface area contributed by atoms with Gasteiger partial charge in [0.1, 0.15) is 0 Å². The smallest absolute Gasteiger partial charge is 0.269 e. The number of hydrogen-bond donors (Lipinski definition) is 2. The second-order valence-corrected chi connectivity index (χ2v) is 6.31. The lowest BCUT2D eigenvalue weighted by atomic mass is 10.2. The molecule has 27 heavy (non-hydrogen) atoms. The second kappa shape index (κ2) is 12.8. The quantitative estimate of drug-likeness (QED) is 0.138. The summed E-state index contributed by atoms with van der Waals surface area (Å²) in [5.41, 5.74) is 1.02. The number of methoxy groups -OCH3 is 1. The molecule has 2 N–H and O–H groups in total. The van der Waals surface area contributed by atoms with Crippen molar-refractivity contribution in [3.8, 4) is 0 Å². The monoisotopic (exact) mass is 491 g/mol. The third-order valence-electron chi connectivity index (χ3n) is 4.58. The zero-order valence-electron chi connectivity index (χ0n) is 16.0. The number of hydrogen-bond acceptors (Lipinski definition) is 5. The van der Waals surface area contributed by atoms with E-state index in [0.29, 0.717) is 25.7 Å². The van der Waals surface area contributed by atoms with Crippen LogP contribution in [0.1, 0.15) is 25.3 Å². The Morgan fingerprint density at radius 3 is 2.74 bits per heavy atom. The van der Waals surface area contributed by atoms with E-state index >= 15 is 0 Å². The van der Waals surface area contributed by atoms with Crippen LogP contribution in [-0.2, 0) is 11.3 Å². The Bertz CT molecular complexity index is 597. The first-order valence-corrected chi connectivity index (χ1v) is 9.12. The molecule has 1 atom stereocenters. The molecule has 8 nitrogen and oxygen atoms in total. The lowest BCUT2D eigenvalue weighted by molar-refractivity contribution is -0.384. The molecule has 152 valence electrons. The molecule has 9 heteroatoms. The number of nitro groups is 1. The van der Waals surface area contributed by atoms with Crippen LogP contribution >= 0.6 is 24.0 Å². The molecular formula is C18H30IN5O3. The molecule has 1 aliphatic rings. The van der Waals surface area contributed by atoms with Gasteiger partial charge in [0, 0.05) is 38.4 Å². The van der Waals surface area contributed by atoms with E-state index in [2.05, 4.69) is 27.4 Å². The molecule has 0 spiro atoms. The lowest BCUT2D eigenvalue weighted by Crippen LogP contribution is -2.45. The van der Waals surface area contributed by atoms with Crippen LogP contribution in [0.2, 0.25) is 0 Å². The van der Waals surface area contributed by atoms with Gasteiger partial charge in [-0.2, -0.15) is 0 Å². The Balaban J connectivity index is 0.00000364. The minimum atomic E-state index is -0.395. The van der Waals surface area contributed by atoms with Crippen molar-refractivity contribution in [3.63, 3.8) is 0 Å². The number of ether oxygens (including phenoxy) is 1. The third kappa shape index (κ3) is 7.97. The average molecular weight is 491 g/mol. The lowest BCUT2D eigenvalue weighted by Gasteiger charge is -2.24. The van der Waals surface area contributed by atoms with Crippen LogP contribution in [0.15, 0.2) is 29.3 Å². The standard InChI is InChI=1S/C18H29N5O3.HI/c1-3-22-11-4-5-17(22)14-21-18(19-10-12-26-2)20-13-15-6-8-16(9-7-15)23(24)25;/h6-9,17H,3-5,10-14H2,1-2H3,(H2,19,20,21);1H. The number of halogens is 1. The summed E-state index contributed by atoms with van der Waals surface area (Å²) in [4.78, 5) is 17.4. The van der Waals surface area contributed by atoms with E-state index in [1.165, 1.54) is 25.0 Å². The molecule has 0 amide bonds. The van der Waals surface area contributed by atoms with Crippen molar-refractivity contribution in [3.05, 3.63) is 39.9 Å². The number of likely N-dealkylation sites (tertiary alicyclic amines) is 1. The highest BCUT2D eigenvalue weighted by atomic mass is 127. The van der Waals surface area contributed by atoms with Gasteiger partial charge in [0.05, 0.1) is 18.1 Å². The predicted molar refractivity (Wildman–Crippen MR) is 118 cm³/mol. The summed E-state index contributed by atoms with van der Waals surface area (Å²) in [6.45, 7) is 7.01. The molecule has 1 saturated heterocycles.